The zero-order chi connectivity index (χ0) is 41.9. The molecule has 1 N–H and O–H groups in total. The number of hydrogen-bond donors (Lipinski definition) is 1. The first-order valence-corrected chi connectivity index (χ1v) is 24.9. The Bertz CT molecular complexity index is 2850. The van der Waals surface area contributed by atoms with Crippen LogP contribution >= 0.6 is 69.3 Å². The van der Waals surface area contributed by atoms with E-state index in [1.165, 1.54) is 9.77 Å². The maximum absolute atomic E-state index is 14.4. The van der Waals surface area contributed by atoms with Gasteiger partial charge in [-0.25, -0.2) is 0 Å². The fraction of sp³-hybridized carbons (Fsp3) is 0.239. The molecule has 3 aromatic heterocycles. The van der Waals surface area contributed by atoms with E-state index < -0.39 is 5.97 Å². The van der Waals surface area contributed by atoms with E-state index in [1.54, 1.807) is 83.5 Å². The summed E-state index contributed by atoms with van der Waals surface area (Å²) in [5, 5.41) is 14.1. The van der Waals surface area contributed by atoms with Gasteiger partial charge in [-0.3, -0.25) is 14.2 Å². The number of carboxylic acids is 1. The Morgan fingerprint density at radius 2 is 1.80 bits per heavy atom. The van der Waals surface area contributed by atoms with E-state index >= 15 is 0 Å². The molecule has 1 atom stereocenters. The maximum atomic E-state index is 14.4. The number of nitrogens with zero attached hydrogens (tertiary/aromatic N) is 3. The number of aryl methyl sites for hydroxylation is 1. The van der Waals surface area contributed by atoms with E-state index in [2.05, 4.69) is 96.0 Å². The van der Waals surface area contributed by atoms with Crippen molar-refractivity contribution in [3.63, 3.8) is 0 Å². The van der Waals surface area contributed by atoms with Gasteiger partial charge in [-0.15, -0.1) is 34.4 Å². The first-order valence-electron chi connectivity index (χ1n) is 19.5. The smallest absolute Gasteiger partial charge is 0.323 e. The van der Waals surface area contributed by atoms with E-state index in [0.717, 1.165) is 80.4 Å². The second-order valence-electron chi connectivity index (χ2n) is 14.1. The Kier molecular flexibility index (Phi) is 13.1. The highest BCUT2D eigenvalue weighted by molar-refractivity contribution is 8.04. The van der Waals surface area contributed by atoms with Gasteiger partial charge in [0.2, 0.25) is 5.52 Å². The number of methoxy groups -OCH3 is 2. The lowest BCUT2D eigenvalue weighted by Crippen LogP contribution is -2.33. The number of fused-ring (bicyclic) bond motifs is 2. The minimum Gasteiger partial charge on any atom is -0.493 e. The highest BCUT2D eigenvalue weighted by Gasteiger charge is 2.29. The van der Waals surface area contributed by atoms with Crippen LogP contribution in [0.15, 0.2) is 125 Å². The Morgan fingerprint density at radius 1 is 1.00 bits per heavy atom. The second kappa shape index (κ2) is 18.7. The van der Waals surface area contributed by atoms with Gasteiger partial charge in [0.1, 0.15) is 17.8 Å². The molecule has 0 saturated heterocycles. The molecule has 60 heavy (non-hydrogen) atoms. The van der Waals surface area contributed by atoms with Crippen LogP contribution in [0.2, 0.25) is 0 Å². The number of thioether (sulfide) groups is 2. The van der Waals surface area contributed by atoms with Gasteiger partial charge in [0, 0.05) is 33.4 Å². The van der Waals surface area contributed by atoms with E-state index in [0.29, 0.717) is 18.0 Å². The predicted molar refractivity (Wildman–Crippen MR) is 254 cm³/mol. The van der Waals surface area contributed by atoms with Gasteiger partial charge in [-0.1, -0.05) is 77.3 Å². The number of allylic oxidation sites excluding steroid dienone is 4. The Morgan fingerprint density at radius 3 is 2.50 bits per heavy atom. The number of hydrogen-bond acceptors (Lipinski definition) is 11. The number of carbonyl (C=O) groups is 1. The maximum Gasteiger partial charge on any atom is 0.323 e. The molecule has 0 spiro atoms. The first kappa shape index (κ1) is 42.3. The van der Waals surface area contributed by atoms with Crippen molar-refractivity contribution >= 4 is 109 Å². The lowest BCUT2D eigenvalue weighted by Gasteiger charge is -2.25. The third kappa shape index (κ3) is 8.81. The number of benzene rings is 3. The van der Waals surface area contributed by atoms with E-state index in [9.17, 15) is 14.7 Å². The number of rotatable bonds is 13. The number of thiophene rings is 1. The molecule has 1 aliphatic carbocycles. The molecular weight excluding hydrogens is 867 g/mol. The molecule has 4 heterocycles. The third-order valence-corrected chi connectivity index (χ3v) is 16.6. The standard InChI is InChI=1S/C46H43N3O5S6/c1-6-47-35-25-36(53-3)37(54-4)26-39(35)59-41(47)23-33(55-5)24-42-48(7-2)46(52)45(60-42)31-19-28(18-30(21-31)29-12-9-8-10-13-29)20-40-49(27-43(50)51)34-22-32(15-16-38(34)58-40)57-44-14-11-17-56-44/h8-17,19-20,22-26,30H,6-7,18,21,27H2,1-5H3/p+1/b40-20-,45-31-. The van der Waals surface area contributed by atoms with Crippen LogP contribution in [0, 0.1) is 0 Å². The number of ether oxygens (including phenoxy) is 2. The van der Waals surface area contributed by atoms with Crippen molar-refractivity contribution in [1.82, 2.24) is 4.57 Å². The molecule has 0 bridgehead atoms. The monoisotopic (exact) mass is 910 g/mol. The normalized spacial score (nSPS) is 17.4. The largest absolute Gasteiger partial charge is 0.493 e. The zero-order valence-corrected chi connectivity index (χ0v) is 38.7. The zero-order valence-electron chi connectivity index (χ0n) is 33.8. The number of thiazole rings is 2. The van der Waals surface area contributed by atoms with Crippen molar-refractivity contribution in [2.45, 2.75) is 59.7 Å². The van der Waals surface area contributed by atoms with Gasteiger partial charge < -0.3 is 19.5 Å². The molecule has 0 radical (unpaired) electrons. The van der Waals surface area contributed by atoms with Crippen LogP contribution in [0.5, 0.6) is 11.5 Å². The average Bonchev–Trinajstić information content (AvgIpc) is 4.04. The number of anilines is 1. The molecule has 2 aliphatic rings. The van der Waals surface area contributed by atoms with Crippen LogP contribution in [0.1, 0.15) is 43.2 Å². The quantitative estimate of drug-likeness (QED) is 0.114. The summed E-state index contributed by atoms with van der Waals surface area (Å²) in [5.41, 5.74) is 5.28. The molecule has 14 heteroatoms. The summed E-state index contributed by atoms with van der Waals surface area (Å²) < 4.78 is 19.3. The van der Waals surface area contributed by atoms with Crippen LogP contribution in [-0.2, 0) is 17.9 Å². The van der Waals surface area contributed by atoms with Gasteiger partial charge in [0.25, 0.3) is 10.6 Å². The molecule has 1 aliphatic heterocycles. The topological polar surface area (TPSA) is 84.9 Å². The van der Waals surface area contributed by atoms with Crippen molar-refractivity contribution in [2.75, 3.05) is 31.9 Å². The summed E-state index contributed by atoms with van der Waals surface area (Å²) in [6.45, 7) is 5.34. The Balaban J connectivity index is 1.22. The molecule has 3 aromatic carbocycles. The molecule has 6 aromatic rings. The molecule has 0 amide bonds. The van der Waals surface area contributed by atoms with Gasteiger partial charge in [-0.2, -0.15) is 4.57 Å². The van der Waals surface area contributed by atoms with E-state index in [1.807, 2.05) is 40.7 Å². The van der Waals surface area contributed by atoms with E-state index in [-0.39, 0.29) is 18.0 Å². The van der Waals surface area contributed by atoms with Crippen molar-refractivity contribution in [3.8, 4) is 11.5 Å². The van der Waals surface area contributed by atoms with Crippen LogP contribution in [0.25, 0.3) is 27.9 Å². The summed E-state index contributed by atoms with van der Waals surface area (Å²) in [6.07, 6.45) is 12.2. The van der Waals surface area contributed by atoms with Crippen molar-refractivity contribution < 1.29 is 23.9 Å². The SMILES string of the molecule is CCn1c(=O)/c(=C2C=C(/C=C3\Sc4ccc(Sc5cccs5)cc4N3CC(=O)O)CC(c3ccccc3)C\2)s/c1=C/C(=C\c1sc2cc(OC)c(OC)cc2[n+]1CC)SC. The predicted octanol–water partition coefficient (Wildman–Crippen LogP) is 10.1. The molecular formula is C46H44N3O5S6+. The van der Waals surface area contributed by atoms with Crippen molar-refractivity contribution in [2.24, 2.45) is 0 Å². The van der Waals surface area contributed by atoms with Gasteiger partial charge in [0.15, 0.2) is 11.5 Å². The summed E-state index contributed by atoms with van der Waals surface area (Å²) in [4.78, 5) is 31.7. The van der Waals surface area contributed by atoms with Crippen molar-refractivity contribution in [1.29, 1.82) is 0 Å². The molecule has 1 unspecified atom stereocenters. The lowest BCUT2D eigenvalue weighted by molar-refractivity contribution is -0.665. The molecule has 0 fully saturated rings. The summed E-state index contributed by atoms with van der Waals surface area (Å²) in [7, 11) is 3.31. The van der Waals surface area contributed by atoms with Crippen LogP contribution in [-0.4, -0.2) is 42.7 Å². The highest BCUT2D eigenvalue weighted by atomic mass is 32.2. The van der Waals surface area contributed by atoms with Crippen molar-refractivity contribution in [3.05, 3.63) is 136 Å². The van der Waals surface area contributed by atoms with Gasteiger partial charge in [-0.05, 0) is 97.4 Å². The van der Waals surface area contributed by atoms with Gasteiger partial charge in [0.05, 0.1) is 44.4 Å². The molecule has 0 saturated carbocycles. The fourth-order valence-corrected chi connectivity index (χ4v) is 13.5. The lowest BCUT2D eigenvalue weighted by atomic mass is 9.81. The Labute approximate surface area is 373 Å². The third-order valence-electron chi connectivity index (χ3n) is 10.4. The van der Waals surface area contributed by atoms with Crippen LogP contribution < -0.4 is 33.7 Å². The van der Waals surface area contributed by atoms with Crippen LogP contribution in [0.3, 0.4) is 0 Å². The molecule has 8 nitrogen and oxygen atoms in total. The number of carboxylic acid groups (broad SMARTS) is 1. The van der Waals surface area contributed by atoms with Gasteiger partial charge >= 0.3 is 5.97 Å². The molecule has 308 valence electrons. The minimum atomic E-state index is -0.892. The summed E-state index contributed by atoms with van der Waals surface area (Å²) in [6, 6.07) is 25.0. The van der Waals surface area contributed by atoms with Crippen LogP contribution in [0.4, 0.5) is 5.69 Å². The van der Waals surface area contributed by atoms with E-state index in [4.69, 9.17) is 9.47 Å². The average molecular weight is 911 g/mol. The number of aromatic nitrogens is 2. The second-order valence-corrected chi connectivity index (χ2v) is 20.4. The summed E-state index contributed by atoms with van der Waals surface area (Å²) >= 11 is 9.87. The Hall–Kier alpha value is -4.44. The fourth-order valence-electron chi connectivity index (χ4n) is 7.63. The number of aliphatic carboxylic acids is 1. The highest BCUT2D eigenvalue weighted by Crippen LogP contribution is 2.49. The first-order chi connectivity index (χ1) is 29.2. The minimum absolute atomic E-state index is 0.0109. The molecule has 8 rings (SSSR count). The summed E-state index contributed by atoms with van der Waals surface area (Å²) in [5.74, 6) is 0.650.